The third-order valence-electron chi connectivity index (χ3n) is 5.64. The Morgan fingerprint density at radius 1 is 1.39 bits per heavy atom. The first-order valence-electron chi connectivity index (χ1n) is 10.3. The maximum atomic E-state index is 12.0. The van der Waals surface area contributed by atoms with Crippen molar-refractivity contribution in [2.75, 3.05) is 19.7 Å². The molecule has 4 unspecified atom stereocenters. The van der Waals surface area contributed by atoms with Crippen LogP contribution in [0.2, 0.25) is 0 Å². The molecule has 1 fully saturated rings. The zero-order valence-corrected chi connectivity index (χ0v) is 17.2. The van der Waals surface area contributed by atoms with E-state index < -0.39 is 11.6 Å². The highest BCUT2D eigenvalue weighted by atomic mass is 16.6. The van der Waals surface area contributed by atoms with Gasteiger partial charge in [-0.15, -0.1) is 0 Å². The third kappa shape index (κ3) is 4.52. The lowest BCUT2D eigenvalue weighted by atomic mass is 9.99. The Balaban J connectivity index is 1.42. The second-order valence-electron chi connectivity index (χ2n) is 7.97. The molecule has 1 aromatic heterocycles. The molecule has 0 amide bonds. The highest BCUT2D eigenvalue weighted by Crippen LogP contribution is 2.30. The summed E-state index contributed by atoms with van der Waals surface area (Å²) >= 11 is 0. The van der Waals surface area contributed by atoms with E-state index in [0.29, 0.717) is 18.4 Å². The van der Waals surface area contributed by atoms with Gasteiger partial charge in [-0.1, -0.05) is 42.4 Å². The molecule has 1 saturated heterocycles. The van der Waals surface area contributed by atoms with E-state index in [0.717, 1.165) is 18.7 Å². The average Bonchev–Trinajstić information content (AvgIpc) is 3.53. The number of carboxylic acids is 1. The van der Waals surface area contributed by atoms with Crippen molar-refractivity contribution in [2.24, 2.45) is 10.9 Å². The molecule has 4 atom stereocenters. The van der Waals surface area contributed by atoms with Crippen LogP contribution in [-0.2, 0) is 25.5 Å². The molecule has 0 spiro atoms. The van der Waals surface area contributed by atoms with Crippen LogP contribution in [-0.4, -0.2) is 71.4 Å². The Bertz CT molecular complexity index is 946. The Morgan fingerprint density at radius 3 is 2.87 bits per heavy atom. The Labute approximate surface area is 179 Å². The van der Waals surface area contributed by atoms with Crippen LogP contribution in [0.4, 0.5) is 0 Å². The number of aliphatic imine (C=N–C) groups is 1. The molecule has 0 bridgehead atoms. The van der Waals surface area contributed by atoms with Gasteiger partial charge in [0.15, 0.2) is 6.29 Å². The summed E-state index contributed by atoms with van der Waals surface area (Å²) in [6.07, 6.45) is 2.08. The lowest BCUT2D eigenvalue weighted by Crippen LogP contribution is -2.47. The summed E-state index contributed by atoms with van der Waals surface area (Å²) < 4.78 is 17.0. The highest BCUT2D eigenvalue weighted by molar-refractivity contribution is 5.96. The molecule has 1 aromatic carbocycles. The maximum absolute atomic E-state index is 12.0. The normalized spacial score (nSPS) is 24.9. The van der Waals surface area contributed by atoms with Crippen LogP contribution in [0.25, 0.3) is 11.3 Å². The van der Waals surface area contributed by atoms with Crippen molar-refractivity contribution in [1.82, 2.24) is 10.1 Å². The second-order valence-corrected chi connectivity index (χ2v) is 7.97. The van der Waals surface area contributed by atoms with E-state index in [4.69, 9.17) is 14.0 Å². The summed E-state index contributed by atoms with van der Waals surface area (Å²) in [6.45, 7) is 3.59. The van der Waals surface area contributed by atoms with Gasteiger partial charge < -0.3 is 24.0 Å². The number of hydrogen-bond acceptors (Lipinski definition) is 8. The second kappa shape index (κ2) is 8.99. The van der Waals surface area contributed by atoms with Gasteiger partial charge in [0.2, 0.25) is 5.60 Å². The monoisotopic (exact) mass is 427 g/mol. The third-order valence-corrected chi connectivity index (χ3v) is 5.64. The van der Waals surface area contributed by atoms with Crippen molar-refractivity contribution < 1.29 is 28.7 Å². The molecule has 9 heteroatoms. The highest BCUT2D eigenvalue weighted by Gasteiger charge is 2.44. The molecule has 3 heterocycles. The van der Waals surface area contributed by atoms with Gasteiger partial charge in [-0.2, -0.15) is 0 Å². The van der Waals surface area contributed by atoms with Gasteiger partial charge in [-0.05, 0) is 6.42 Å². The minimum Gasteiger partial charge on any atom is -0.479 e. The number of aromatic nitrogens is 1. The minimum atomic E-state index is -2.08. The molecule has 1 N–H and O–H groups in total. The van der Waals surface area contributed by atoms with Crippen molar-refractivity contribution in [2.45, 2.75) is 37.7 Å². The number of rotatable bonds is 9. The van der Waals surface area contributed by atoms with Crippen molar-refractivity contribution in [1.29, 1.82) is 0 Å². The van der Waals surface area contributed by atoms with Gasteiger partial charge in [0.05, 0.1) is 32.0 Å². The minimum absolute atomic E-state index is 0.0173. The number of aliphatic carboxylic acids is 1. The quantitative estimate of drug-likeness (QED) is 0.478. The molecule has 4 rings (SSSR count). The number of ether oxygens (including phenoxy) is 2. The van der Waals surface area contributed by atoms with Crippen LogP contribution < -0.4 is 0 Å². The Kier molecular flexibility index (Phi) is 6.15. The molecule has 164 valence electrons. The van der Waals surface area contributed by atoms with Crippen LogP contribution >= 0.6 is 0 Å². The molecule has 2 aliphatic heterocycles. The molecule has 31 heavy (non-hydrogen) atoms. The summed E-state index contributed by atoms with van der Waals surface area (Å²) in [5.41, 5.74) is -0.688. The molecule has 2 aromatic rings. The smallest absolute Gasteiger partial charge is 0.343 e. The van der Waals surface area contributed by atoms with Gasteiger partial charge in [0.1, 0.15) is 17.7 Å². The number of benzene rings is 1. The van der Waals surface area contributed by atoms with E-state index in [1.807, 2.05) is 35.2 Å². The van der Waals surface area contributed by atoms with E-state index in [1.54, 1.807) is 12.4 Å². The van der Waals surface area contributed by atoms with Gasteiger partial charge in [0.25, 0.3) is 0 Å². The molecule has 0 radical (unpaired) electrons. The summed E-state index contributed by atoms with van der Waals surface area (Å²) in [6, 6.07) is 11.0. The van der Waals surface area contributed by atoms with E-state index >= 15 is 0 Å². The Morgan fingerprint density at radius 2 is 2.19 bits per heavy atom. The number of nitrogens with zero attached hydrogens (tertiary/aromatic N) is 3. The molecular formula is C22H25N3O6. The van der Waals surface area contributed by atoms with Crippen molar-refractivity contribution in [3.63, 3.8) is 0 Å². The number of hydrogen-bond donors (Lipinski definition) is 1. The number of carbonyl (C=O) groups is 2. The van der Waals surface area contributed by atoms with E-state index in [2.05, 4.69) is 17.1 Å². The Hall–Kier alpha value is -3.04. The first-order valence-corrected chi connectivity index (χ1v) is 10.3. The number of carboxylic acid groups (broad SMARTS) is 1. The van der Waals surface area contributed by atoms with Gasteiger partial charge in [-0.3, -0.25) is 9.79 Å². The summed E-state index contributed by atoms with van der Waals surface area (Å²) in [5, 5.41) is 13.8. The topological polar surface area (TPSA) is 114 Å². The lowest BCUT2D eigenvalue weighted by Gasteiger charge is -2.27. The fourth-order valence-electron chi connectivity index (χ4n) is 3.97. The largest absolute Gasteiger partial charge is 0.479 e. The van der Waals surface area contributed by atoms with Gasteiger partial charge >= 0.3 is 5.97 Å². The van der Waals surface area contributed by atoms with E-state index in [-0.39, 0.29) is 37.0 Å². The lowest BCUT2D eigenvalue weighted by molar-refractivity contribution is -0.173. The van der Waals surface area contributed by atoms with Crippen LogP contribution in [0.1, 0.15) is 19.1 Å². The molecule has 9 nitrogen and oxygen atoms in total. The van der Waals surface area contributed by atoms with Gasteiger partial charge in [-0.25, -0.2) is 4.79 Å². The van der Waals surface area contributed by atoms with Crippen LogP contribution in [0.15, 0.2) is 45.9 Å². The fourth-order valence-corrected chi connectivity index (χ4v) is 3.97. The predicted octanol–water partition coefficient (Wildman–Crippen LogP) is 2.02. The number of carbonyl (C=O) groups excluding carboxylic acids is 1. The zero-order chi connectivity index (χ0) is 21.8. The standard InChI is InChI=1S/C22H25N3O6/c1-15-9-18(30-20(15)25-8-7-23-14-25)12-29-22(13-26,21(27)28)11-17-10-19(24-31-17)16-5-3-2-4-6-16/h2-6,10,13-15,18,20H,7-9,11-12H2,1H3,(H,27,28). The van der Waals surface area contributed by atoms with E-state index in [9.17, 15) is 14.7 Å². The number of aldehydes is 1. The van der Waals surface area contributed by atoms with Crippen molar-refractivity contribution in [3.8, 4) is 11.3 Å². The summed E-state index contributed by atoms with van der Waals surface area (Å²) in [4.78, 5) is 30.1. The predicted molar refractivity (Wildman–Crippen MR) is 111 cm³/mol. The zero-order valence-electron chi connectivity index (χ0n) is 17.2. The van der Waals surface area contributed by atoms with Crippen LogP contribution in [0.5, 0.6) is 0 Å². The summed E-state index contributed by atoms with van der Waals surface area (Å²) in [7, 11) is 0. The fraction of sp³-hybridized carbons (Fsp3) is 0.455. The molecule has 2 aliphatic rings. The van der Waals surface area contributed by atoms with Crippen LogP contribution in [0.3, 0.4) is 0 Å². The summed E-state index contributed by atoms with van der Waals surface area (Å²) in [5.74, 6) is -0.897. The molecular weight excluding hydrogens is 402 g/mol. The first-order chi connectivity index (χ1) is 15.0. The molecule has 0 saturated carbocycles. The first kappa shape index (κ1) is 21.2. The van der Waals surface area contributed by atoms with Crippen molar-refractivity contribution >= 4 is 18.6 Å². The van der Waals surface area contributed by atoms with E-state index in [1.165, 1.54) is 0 Å². The van der Waals surface area contributed by atoms with Crippen LogP contribution in [0, 0.1) is 5.92 Å². The average molecular weight is 427 g/mol. The van der Waals surface area contributed by atoms with Crippen molar-refractivity contribution in [3.05, 3.63) is 42.2 Å². The maximum Gasteiger partial charge on any atom is 0.343 e. The molecule has 0 aliphatic carbocycles. The van der Waals surface area contributed by atoms with Gasteiger partial charge in [0, 0.05) is 24.1 Å². The SMILES string of the molecule is CC1CC(COC(C=O)(Cc2cc(-c3ccccc3)no2)C(=O)O)OC1N1C=NCC1.